The fraction of sp³-hybridized carbons (Fsp3) is 0.333. The zero-order valence-corrected chi connectivity index (χ0v) is 15.7. The summed E-state index contributed by atoms with van der Waals surface area (Å²) in [5.74, 6) is 0.342. The van der Waals surface area contributed by atoms with Gasteiger partial charge in [-0.3, -0.25) is 4.98 Å². The quantitative estimate of drug-likeness (QED) is 0.682. The number of nitrogens with zero attached hydrogens (tertiary/aromatic N) is 2. The van der Waals surface area contributed by atoms with E-state index in [1.165, 1.54) is 0 Å². The number of aromatic nitrogens is 3. The van der Waals surface area contributed by atoms with Gasteiger partial charge in [-0.05, 0) is 32.0 Å². The number of ether oxygens (including phenoxy) is 2. The van der Waals surface area contributed by atoms with Gasteiger partial charge in [0.15, 0.2) is 0 Å². The van der Waals surface area contributed by atoms with Gasteiger partial charge in [-0.2, -0.15) is 0 Å². The molecule has 0 aliphatic carbocycles. The van der Waals surface area contributed by atoms with Gasteiger partial charge in [0, 0.05) is 18.9 Å². The molecule has 0 saturated carbocycles. The molecule has 0 radical (unpaired) electrons. The molecule has 0 aliphatic rings. The number of hydrogen-bond donors (Lipinski definition) is 1. The highest BCUT2D eigenvalue weighted by atomic mass is 32.2. The molecule has 3 aromatic rings. The molecule has 0 saturated heterocycles. The van der Waals surface area contributed by atoms with Gasteiger partial charge in [0.1, 0.15) is 18.1 Å². The van der Waals surface area contributed by atoms with Gasteiger partial charge < -0.3 is 14.5 Å². The predicted octanol–water partition coefficient (Wildman–Crippen LogP) is 2.65. The van der Waals surface area contributed by atoms with E-state index in [1.54, 1.807) is 38.4 Å². The first kappa shape index (κ1) is 18.3. The van der Waals surface area contributed by atoms with Crippen molar-refractivity contribution in [2.45, 2.75) is 30.9 Å². The zero-order chi connectivity index (χ0) is 18.7. The predicted molar refractivity (Wildman–Crippen MR) is 97.9 cm³/mol. The fourth-order valence-electron chi connectivity index (χ4n) is 2.46. The Labute approximate surface area is 152 Å². The van der Waals surface area contributed by atoms with Crippen LogP contribution in [0.5, 0.6) is 5.75 Å². The monoisotopic (exact) mass is 375 g/mol. The summed E-state index contributed by atoms with van der Waals surface area (Å²) < 4.78 is 36.4. The lowest BCUT2D eigenvalue weighted by Gasteiger charge is -2.14. The van der Waals surface area contributed by atoms with E-state index in [2.05, 4.69) is 15.0 Å². The molecule has 8 heteroatoms. The SMILES string of the molecule is COC(C)COc1ccnc(CS(=O)(=O)c2nc3ccccc3[nH]2)c1C. The summed E-state index contributed by atoms with van der Waals surface area (Å²) in [5, 5.41) is -0.0563. The Balaban J connectivity index is 1.85. The number of hydrogen-bond acceptors (Lipinski definition) is 6. The van der Waals surface area contributed by atoms with Gasteiger partial charge in [0.25, 0.3) is 0 Å². The van der Waals surface area contributed by atoms with Crippen LogP contribution in [0.25, 0.3) is 11.0 Å². The summed E-state index contributed by atoms with van der Waals surface area (Å²) in [6.45, 7) is 4.06. The van der Waals surface area contributed by atoms with Crippen LogP contribution in [0.3, 0.4) is 0 Å². The van der Waals surface area contributed by atoms with Crippen molar-refractivity contribution in [3.05, 3.63) is 47.8 Å². The van der Waals surface area contributed by atoms with Crippen LogP contribution in [0, 0.1) is 6.92 Å². The number of pyridine rings is 1. The average molecular weight is 375 g/mol. The van der Waals surface area contributed by atoms with Gasteiger partial charge in [-0.15, -0.1) is 0 Å². The van der Waals surface area contributed by atoms with Crippen molar-refractivity contribution in [1.82, 2.24) is 15.0 Å². The molecule has 138 valence electrons. The molecule has 26 heavy (non-hydrogen) atoms. The summed E-state index contributed by atoms with van der Waals surface area (Å²) in [6.07, 6.45) is 1.48. The van der Waals surface area contributed by atoms with E-state index < -0.39 is 9.84 Å². The van der Waals surface area contributed by atoms with Crippen LogP contribution in [0.2, 0.25) is 0 Å². The van der Waals surface area contributed by atoms with Crippen molar-refractivity contribution >= 4 is 20.9 Å². The topological polar surface area (TPSA) is 94.2 Å². The third-order valence-corrected chi connectivity index (χ3v) is 5.56. The van der Waals surface area contributed by atoms with E-state index in [9.17, 15) is 8.42 Å². The molecular formula is C18H21N3O4S. The second kappa shape index (κ2) is 7.43. The maximum atomic E-state index is 12.8. The number of benzene rings is 1. The van der Waals surface area contributed by atoms with Crippen molar-refractivity contribution in [3.63, 3.8) is 0 Å². The Hall–Kier alpha value is -2.45. The number of H-pyrrole nitrogens is 1. The summed E-state index contributed by atoms with van der Waals surface area (Å²) >= 11 is 0. The van der Waals surface area contributed by atoms with Crippen molar-refractivity contribution in [2.24, 2.45) is 0 Å². The summed E-state index contributed by atoms with van der Waals surface area (Å²) in [7, 11) is -2.05. The fourth-order valence-corrected chi connectivity index (χ4v) is 3.75. The zero-order valence-electron chi connectivity index (χ0n) is 14.9. The molecule has 2 aromatic heterocycles. The van der Waals surface area contributed by atoms with Crippen LogP contribution in [0.15, 0.2) is 41.7 Å². The van der Waals surface area contributed by atoms with Gasteiger partial charge in [-0.25, -0.2) is 13.4 Å². The van der Waals surface area contributed by atoms with E-state index in [0.29, 0.717) is 34.6 Å². The van der Waals surface area contributed by atoms with E-state index in [4.69, 9.17) is 9.47 Å². The molecule has 3 rings (SSSR count). The van der Waals surface area contributed by atoms with Crippen molar-refractivity contribution in [3.8, 4) is 5.75 Å². The number of imidazole rings is 1. The number of rotatable bonds is 7. The first-order valence-electron chi connectivity index (χ1n) is 8.18. The largest absolute Gasteiger partial charge is 0.490 e. The van der Waals surface area contributed by atoms with Gasteiger partial charge in [-0.1, -0.05) is 12.1 Å². The second-order valence-corrected chi connectivity index (χ2v) is 7.96. The second-order valence-electron chi connectivity index (χ2n) is 6.06. The van der Waals surface area contributed by atoms with Gasteiger partial charge >= 0.3 is 0 Å². The number of methoxy groups -OCH3 is 1. The molecule has 2 heterocycles. The van der Waals surface area contributed by atoms with Crippen molar-refractivity contribution < 1.29 is 17.9 Å². The lowest BCUT2D eigenvalue weighted by molar-refractivity contribution is 0.0713. The molecule has 0 aliphatic heterocycles. The van der Waals surface area contributed by atoms with E-state index >= 15 is 0 Å². The summed E-state index contributed by atoms with van der Waals surface area (Å²) in [5.41, 5.74) is 2.42. The van der Waals surface area contributed by atoms with Crippen LogP contribution in [-0.2, 0) is 20.3 Å². The Morgan fingerprint density at radius 3 is 2.73 bits per heavy atom. The number of para-hydroxylation sites is 2. The lowest BCUT2D eigenvalue weighted by Crippen LogP contribution is -2.17. The molecule has 0 bridgehead atoms. The third-order valence-electron chi connectivity index (χ3n) is 4.12. The molecule has 1 N–H and O–H groups in total. The summed E-state index contributed by atoms with van der Waals surface area (Å²) in [6, 6.07) is 8.91. The first-order valence-corrected chi connectivity index (χ1v) is 9.83. The lowest BCUT2D eigenvalue weighted by atomic mass is 10.2. The van der Waals surface area contributed by atoms with Crippen LogP contribution in [-0.4, -0.2) is 43.2 Å². The molecule has 0 amide bonds. The Kier molecular flexibility index (Phi) is 5.24. The molecule has 0 fully saturated rings. The minimum Gasteiger partial charge on any atom is -0.490 e. The van der Waals surface area contributed by atoms with Gasteiger partial charge in [0.05, 0.1) is 22.8 Å². The molecule has 1 unspecified atom stereocenters. The van der Waals surface area contributed by atoms with Crippen LogP contribution < -0.4 is 4.74 Å². The number of fused-ring (bicyclic) bond motifs is 1. The number of sulfone groups is 1. The van der Waals surface area contributed by atoms with Crippen molar-refractivity contribution in [2.75, 3.05) is 13.7 Å². The highest BCUT2D eigenvalue weighted by Gasteiger charge is 2.22. The third kappa shape index (κ3) is 3.86. The standard InChI is InChI=1S/C18H21N3O4S/c1-12(24-3)10-25-17-8-9-19-16(13(17)2)11-26(22,23)18-20-14-6-4-5-7-15(14)21-18/h4-9,12H,10-11H2,1-3H3,(H,20,21). The smallest absolute Gasteiger partial charge is 0.226 e. The van der Waals surface area contributed by atoms with Crippen molar-refractivity contribution in [1.29, 1.82) is 0 Å². The molecule has 1 aromatic carbocycles. The maximum absolute atomic E-state index is 12.8. The number of nitrogens with one attached hydrogen (secondary N) is 1. The van der Waals surface area contributed by atoms with Crippen LogP contribution in [0.1, 0.15) is 18.2 Å². The highest BCUT2D eigenvalue weighted by Crippen LogP contribution is 2.24. The van der Waals surface area contributed by atoms with E-state index in [-0.39, 0.29) is 17.0 Å². The number of aromatic amines is 1. The minimum absolute atomic E-state index is 0.0563. The summed E-state index contributed by atoms with van der Waals surface area (Å²) in [4.78, 5) is 11.3. The van der Waals surface area contributed by atoms with E-state index in [1.807, 2.05) is 19.1 Å². The molecular weight excluding hydrogens is 354 g/mol. The van der Waals surface area contributed by atoms with Gasteiger partial charge in [0.2, 0.25) is 15.0 Å². The van der Waals surface area contributed by atoms with Crippen LogP contribution in [0.4, 0.5) is 0 Å². The maximum Gasteiger partial charge on any atom is 0.226 e. The minimum atomic E-state index is -3.66. The average Bonchev–Trinajstić information content (AvgIpc) is 3.07. The normalized spacial score (nSPS) is 13.0. The first-order chi connectivity index (χ1) is 12.4. The van der Waals surface area contributed by atoms with E-state index in [0.717, 1.165) is 0 Å². The highest BCUT2D eigenvalue weighted by molar-refractivity contribution is 7.90. The molecule has 0 spiro atoms. The van der Waals surface area contributed by atoms with Crippen LogP contribution >= 0.6 is 0 Å². The Bertz CT molecular complexity index is 981. The molecule has 7 nitrogen and oxygen atoms in total. The Morgan fingerprint density at radius 2 is 2.00 bits per heavy atom. The molecule has 1 atom stereocenters. The Morgan fingerprint density at radius 1 is 1.23 bits per heavy atom.